The summed E-state index contributed by atoms with van der Waals surface area (Å²) in [4.78, 5) is 6.04. The third-order valence-electron chi connectivity index (χ3n) is 4.13. The molecule has 2 rings (SSSR count). The normalized spacial score (nSPS) is 18.2. The minimum atomic E-state index is -4.31. The first-order valence-electron chi connectivity index (χ1n) is 8.67. The van der Waals surface area contributed by atoms with E-state index in [1.54, 1.807) is 7.05 Å². The van der Waals surface area contributed by atoms with Crippen LogP contribution in [0.2, 0.25) is 0 Å². The molecular formula is C18H26F3N3O2. The summed E-state index contributed by atoms with van der Waals surface area (Å²) in [6.45, 7) is 2.99. The zero-order valence-electron chi connectivity index (χ0n) is 15.2. The van der Waals surface area contributed by atoms with Crippen LogP contribution in [0.5, 0.6) is 0 Å². The number of guanidine groups is 1. The molecule has 1 N–H and O–H groups in total. The molecule has 0 saturated carbocycles. The summed E-state index contributed by atoms with van der Waals surface area (Å²) in [7, 11) is 3.50. The zero-order chi connectivity index (χ0) is 19.0. The van der Waals surface area contributed by atoms with E-state index in [1.807, 2.05) is 11.9 Å². The number of ether oxygens (including phenoxy) is 2. The second kappa shape index (κ2) is 9.78. The van der Waals surface area contributed by atoms with Crippen molar-refractivity contribution in [3.05, 3.63) is 35.4 Å². The maximum Gasteiger partial charge on any atom is 0.416 e. The van der Waals surface area contributed by atoms with Crippen LogP contribution in [-0.4, -0.2) is 57.4 Å². The second-order valence-electron chi connectivity index (χ2n) is 6.23. The average molecular weight is 373 g/mol. The van der Waals surface area contributed by atoms with Crippen LogP contribution in [0, 0.1) is 0 Å². The van der Waals surface area contributed by atoms with Crippen LogP contribution in [0.1, 0.15) is 24.0 Å². The number of halogens is 3. The first-order chi connectivity index (χ1) is 12.4. The molecule has 1 atom stereocenters. The monoisotopic (exact) mass is 373 g/mol. The van der Waals surface area contributed by atoms with Crippen molar-refractivity contribution < 1.29 is 22.6 Å². The number of alkyl halides is 3. The lowest BCUT2D eigenvalue weighted by Gasteiger charge is -2.22. The Morgan fingerprint density at radius 3 is 2.65 bits per heavy atom. The van der Waals surface area contributed by atoms with Gasteiger partial charge >= 0.3 is 6.18 Å². The van der Waals surface area contributed by atoms with Gasteiger partial charge in [-0.1, -0.05) is 12.1 Å². The number of benzene rings is 1. The number of nitrogens with one attached hydrogen (secondary N) is 1. The van der Waals surface area contributed by atoms with Crippen molar-refractivity contribution in [2.45, 2.75) is 31.7 Å². The van der Waals surface area contributed by atoms with Gasteiger partial charge in [0.2, 0.25) is 0 Å². The van der Waals surface area contributed by atoms with Gasteiger partial charge in [0.15, 0.2) is 5.96 Å². The summed E-state index contributed by atoms with van der Waals surface area (Å²) >= 11 is 0. The van der Waals surface area contributed by atoms with Crippen LogP contribution in [-0.2, 0) is 22.2 Å². The van der Waals surface area contributed by atoms with Gasteiger partial charge in [-0.25, -0.2) is 0 Å². The molecule has 1 aliphatic heterocycles. The fraction of sp³-hybridized carbons (Fsp3) is 0.611. The Morgan fingerprint density at radius 2 is 2.08 bits per heavy atom. The lowest BCUT2D eigenvalue weighted by atomic mass is 10.1. The standard InChI is InChI=1S/C18H26F3N3O2/c1-22-17(23-9-11-25-13-16-4-3-10-26-16)24(2)12-14-5-7-15(8-6-14)18(19,20)21/h5-8,16H,3-4,9-13H2,1-2H3,(H,22,23). The van der Waals surface area contributed by atoms with Crippen molar-refractivity contribution in [1.82, 2.24) is 10.2 Å². The fourth-order valence-corrected chi connectivity index (χ4v) is 2.76. The van der Waals surface area contributed by atoms with Crippen LogP contribution in [0.25, 0.3) is 0 Å². The fourth-order valence-electron chi connectivity index (χ4n) is 2.76. The van der Waals surface area contributed by atoms with E-state index in [1.165, 1.54) is 12.1 Å². The molecule has 26 heavy (non-hydrogen) atoms. The van der Waals surface area contributed by atoms with Gasteiger partial charge in [0.25, 0.3) is 0 Å². The first kappa shape index (κ1) is 20.5. The highest BCUT2D eigenvalue weighted by Gasteiger charge is 2.29. The molecule has 0 aliphatic carbocycles. The molecule has 1 aliphatic rings. The molecule has 8 heteroatoms. The van der Waals surface area contributed by atoms with Gasteiger partial charge in [-0.3, -0.25) is 4.99 Å². The summed E-state index contributed by atoms with van der Waals surface area (Å²) in [6.07, 6.45) is -1.97. The third kappa shape index (κ3) is 6.49. The highest BCUT2D eigenvalue weighted by atomic mass is 19.4. The summed E-state index contributed by atoms with van der Waals surface area (Å²) in [5, 5.41) is 3.18. The van der Waals surface area contributed by atoms with Crippen LogP contribution in [0.3, 0.4) is 0 Å². The van der Waals surface area contributed by atoms with E-state index in [2.05, 4.69) is 10.3 Å². The molecule has 1 unspecified atom stereocenters. The lowest BCUT2D eigenvalue weighted by molar-refractivity contribution is -0.137. The van der Waals surface area contributed by atoms with E-state index in [4.69, 9.17) is 9.47 Å². The SMILES string of the molecule is CN=C(NCCOCC1CCCO1)N(C)Cc1ccc(C(F)(F)F)cc1. The maximum absolute atomic E-state index is 12.6. The predicted molar refractivity (Wildman–Crippen MR) is 94.1 cm³/mol. The molecule has 0 amide bonds. The van der Waals surface area contributed by atoms with Gasteiger partial charge in [-0.2, -0.15) is 13.2 Å². The van der Waals surface area contributed by atoms with E-state index in [0.29, 0.717) is 32.3 Å². The number of hydrogen-bond acceptors (Lipinski definition) is 3. The summed E-state index contributed by atoms with van der Waals surface area (Å²) < 4.78 is 48.9. The van der Waals surface area contributed by atoms with Gasteiger partial charge in [-0.05, 0) is 30.5 Å². The van der Waals surface area contributed by atoms with E-state index >= 15 is 0 Å². The van der Waals surface area contributed by atoms with Crippen molar-refractivity contribution in [3.63, 3.8) is 0 Å². The molecule has 1 fully saturated rings. The minimum absolute atomic E-state index is 0.205. The Balaban J connectivity index is 1.72. The van der Waals surface area contributed by atoms with Crippen LogP contribution >= 0.6 is 0 Å². The van der Waals surface area contributed by atoms with E-state index in [-0.39, 0.29) is 6.10 Å². The molecular weight excluding hydrogens is 347 g/mol. The Kier molecular flexibility index (Phi) is 7.71. The summed E-state index contributed by atoms with van der Waals surface area (Å²) in [5.41, 5.74) is 0.132. The Hall–Kier alpha value is -1.80. The van der Waals surface area contributed by atoms with E-state index in [9.17, 15) is 13.2 Å². The molecule has 0 aromatic heterocycles. The summed E-state index contributed by atoms with van der Waals surface area (Å²) in [6, 6.07) is 5.16. The average Bonchev–Trinajstić information content (AvgIpc) is 3.11. The van der Waals surface area contributed by atoms with Gasteiger partial charge in [0.1, 0.15) is 0 Å². The Labute approximate surface area is 152 Å². The van der Waals surface area contributed by atoms with Crippen LogP contribution in [0.15, 0.2) is 29.3 Å². The predicted octanol–water partition coefficient (Wildman–Crippen LogP) is 2.91. The number of nitrogens with zero attached hydrogens (tertiary/aromatic N) is 2. The zero-order valence-corrected chi connectivity index (χ0v) is 15.2. The molecule has 1 heterocycles. The van der Waals surface area contributed by atoms with Gasteiger partial charge in [-0.15, -0.1) is 0 Å². The van der Waals surface area contributed by atoms with Crippen LogP contribution in [0.4, 0.5) is 13.2 Å². The highest BCUT2D eigenvalue weighted by molar-refractivity contribution is 5.79. The first-order valence-corrected chi connectivity index (χ1v) is 8.67. The molecule has 0 bridgehead atoms. The summed E-state index contributed by atoms with van der Waals surface area (Å²) in [5.74, 6) is 0.658. The van der Waals surface area contributed by atoms with E-state index in [0.717, 1.165) is 37.1 Å². The molecule has 1 aromatic carbocycles. The molecule has 0 radical (unpaired) electrons. The minimum Gasteiger partial charge on any atom is -0.377 e. The van der Waals surface area contributed by atoms with Crippen molar-refractivity contribution in [2.24, 2.45) is 4.99 Å². The second-order valence-corrected chi connectivity index (χ2v) is 6.23. The van der Waals surface area contributed by atoms with Crippen LogP contribution < -0.4 is 5.32 Å². The van der Waals surface area contributed by atoms with Crippen molar-refractivity contribution in [2.75, 3.05) is 40.5 Å². The molecule has 0 spiro atoms. The quantitative estimate of drug-likeness (QED) is 0.454. The smallest absolute Gasteiger partial charge is 0.377 e. The number of aliphatic imine (C=N–C) groups is 1. The number of hydrogen-bond donors (Lipinski definition) is 1. The molecule has 5 nitrogen and oxygen atoms in total. The number of rotatable bonds is 7. The van der Waals surface area contributed by atoms with Crippen molar-refractivity contribution >= 4 is 5.96 Å². The molecule has 1 saturated heterocycles. The van der Waals surface area contributed by atoms with Gasteiger partial charge < -0.3 is 19.7 Å². The highest BCUT2D eigenvalue weighted by Crippen LogP contribution is 2.29. The Morgan fingerprint density at radius 1 is 1.35 bits per heavy atom. The maximum atomic E-state index is 12.6. The van der Waals surface area contributed by atoms with Gasteiger partial charge in [0, 0.05) is 33.8 Å². The van der Waals surface area contributed by atoms with Gasteiger partial charge in [0.05, 0.1) is 24.9 Å². The Bertz CT molecular complexity index is 570. The molecule has 1 aromatic rings. The van der Waals surface area contributed by atoms with E-state index < -0.39 is 11.7 Å². The van der Waals surface area contributed by atoms with Crippen molar-refractivity contribution in [1.29, 1.82) is 0 Å². The third-order valence-corrected chi connectivity index (χ3v) is 4.13. The molecule has 146 valence electrons. The largest absolute Gasteiger partial charge is 0.416 e. The lowest BCUT2D eigenvalue weighted by Crippen LogP contribution is -2.40. The van der Waals surface area contributed by atoms with Crippen molar-refractivity contribution in [3.8, 4) is 0 Å². The topological polar surface area (TPSA) is 46.1 Å².